The number of nitrogens with one attached hydrogen (secondary N) is 1. The lowest BCUT2D eigenvalue weighted by atomic mass is 10.0. The van der Waals surface area contributed by atoms with E-state index in [2.05, 4.69) is 5.32 Å². The van der Waals surface area contributed by atoms with Gasteiger partial charge in [0.15, 0.2) is 0 Å². The number of carboxylic acids is 1. The SMILES string of the molecule is CN(C)CCNC(=O)N(C)CCc1ccccc1C(=O)O. The van der Waals surface area contributed by atoms with Crippen LogP contribution < -0.4 is 5.32 Å². The van der Waals surface area contributed by atoms with Crippen LogP contribution in [0.15, 0.2) is 24.3 Å². The second-order valence-electron chi connectivity index (χ2n) is 5.17. The molecule has 0 fully saturated rings. The maximum Gasteiger partial charge on any atom is 0.335 e. The van der Waals surface area contributed by atoms with Crippen LogP contribution in [0, 0.1) is 0 Å². The molecule has 2 N–H and O–H groups in total. The Bertz CT molecular complexity index is 489. The molecule has 0 heterocycles. The van der Waals surface area contributed by atoms with Crippen molar-refractivity contribution in [2.75, 3.05) is 40.8 Å². The van der Waals surface area contributed by atoms with Crippen molar-refractivity contribution in [3.63, 3.8) is 0 Å². The summed E-state index contributed by atoms with van der Waals surface area (Å²) in [5.74, 6) is -0.941. The van der Waals surface area contributed by atoms with Crippen LogP contribution in [-0.4, -0.2) is 67.7 Å². The third-order valence-corrected chi connectivity index (χ3v) is 3.15. The van der Waals surface area contributed by atoms with Crippen molar-refractivity contribution < 1.29 is 14.7 Å². The Morgan fingerprint density at radius 1 is 1.14 bits per heavy atom. The van der Waals surface area contributed by atoms with Gasteiger partial charge in [-0.3, -0.25) is 0 Å². The van der Waals surface area contributed by atoms with Crippen molar-refractivity contribution >= 4 is 12.0 Å². The lowest BCUT2D eigenvalue weighted by molar-refractivity contribution is 0.0695. The molecule has 6 nitrogen and oxygen atoms in total. The van der Waals surface area contributed by atoms with Crippen LogP contribution in [0.5, 0.6) is 0 Å². The molecule has 0 aliphatic rings. The molecule has 0 saturated carbocycles. The minimum atomic E-state index is -0.941. The zero-order chi connectivity index (χ0) is 15.8. The van der Waals surface area contributed by atoms with E-state index in [0.717, 1.165) is 12.1 Å². The summed E-state index contributed by atoms with van der Waals surface area (Å²) < 4.78 is 0. The monoisotopic (exact) mass is 293 g/mol. The minimum Gasteiger partial charge on any atom is -0.478 e. The molecule has 0 spiro atoms. The second kappa shape index (κ2) is 8.26. The van der Waals surface area contributed by atoms with Crippen molar-refractivity contribution in [3.8, 4) is 0 Å². The Morgan fingerprint density at radius 3 is 2.43 bits per heavy atom. The van der Waals surface area contributed by atoms with Gasteiger partial charge in [0.25, 0.3) is 0 Å². The summed E-state index contributed by atoms with van der Waals surface area (Å²) >= 11 is 0. The molecule has 1 aromatic carbocycles. The summed E-state index contributed by atoms with van der Waals surface area (Å²) in [4.78, 5) is 26.5. The van der Waals surface area contributed by atoms with E-state index in [4.69, 9.17) is 5.11 Å². The molecule has 2 amide bonds. The van der Waals surface area contributed by atoms with E-state index in [9.17, 15) is 9.59 Å². The first-order valence-corrected chi connectivity index (χ1v) is 6.86. The number of carbonyl (C=O) groups excluding carboxylic acids is 1. The van der Waals surface area contributed by atoms with Crippen molar-refractivity contribution in [1.82, 2.24) is 15.1 Å². The van der Waals surface area contributed by atoms with E-state index in [-0.39, 0.29) is 6.03 Å². The largest absolute Gasteiger partial charge is 0.478 e. The van der Waals surface area contributed by atoms with Crippen LogP contribution in [0.3, 0.4) is 0 Å². The molecular weight excluding hydrogens is 270 g/mol. The molecular formula is C15H23N3O3. The van der Waals surface area contributed by atoms with Gasteiger partial charge in [0.1, 0.15) is 0 Å². The summed E-state index contributed by atoms with van der Waals surface area (Å²) in [7, 11) is 5.59. The zero-order valence-electron chi connectivity index (χ0n) is 12.8. The van der Waals surface area contributed by atoms with Gasteiger partial charge in [-0.15, -0.1) is 0 Å². The fourth-order valence-corrected chi connectivity index (χ4v) is 1.86. The fourth-order valence-electron chi connectivity index (χ4n) is 1.86. The first-order valence-electron chi connectivity index (χ1n) is 6.86. The topological polar surface area (TPSA) is 72.9 Å². The molecule has 0 aromatic heterocycles. The molecule has 0 aliphatic carbocycles. The van der Waals surface area contributed by atoms with E-state index in [1.807, 2.05) is 19.0 Å². The fraction of sp³-hybridized carbons (Fsp3) is 0.467. The first kappa shape index (κ1) is 17.0. The van der Waals surface area contributed by atoms with Gasteiger partial charge >= 0.3 is 12.0 Å². The number of amides is 2. The van der Waals surface area contributed by atoms with Crippen molar-refractivity contribution in [2.24, 2.45) is 0 Å². The molecule has 1 rings (SSSR count). The van der Waals surface area contributed by atoms with Crippen LogP contribution >= 0.6 is 0 Å². The standard InChI is InChI=1S/C15H23N3O3/c1-17(2)11-9-16-15(21)18(3)10-8-12-6-4-5-7-13(12)14(19)20/h4-7H,8-11H2,1-3H3,(H,16,21)(H,19,20). The van der Waals surface area contributed by atoms with E-state index in [0.29, 0.717) is 25.1 Å². The quantitative estimate of drug-likeness (QED) is 0.790. The Hall–Kier alpha value is -2.08. The highest BCUT2D eigenvalue weighted by Gasteiger charge is 2.12. The molecule has 0 radical (unpaired) electrons. The van der Waals surface area contributed by atoms with Crippen LogP contribution in [-0.2, 0) is 6.42 Å². The summed E-state index contributed by atoms with van der Waals surface area (Å²) in [5.41, 5.74) is 1.02. The maximum atomic E-state index is 11.8. The Morgan fingerprint density at radius 2 is 1.81 bits per heavy atom. The number of benzene rings is 1. The van der Waals surface area contributed by atoms with Crippen LogP contribution in [0.2, 0.25) is 0 Å². The smallest absolute Gasteiger partial charge is 0.335 e. The van der Waals surface area contributed by atoms with Gasteiger partial charge in [0, 0.05) is 26.7 Å². The summed E-state index contributed by atoms with van der Waals surface area (Å²) in [6, 6.07) is 6.71. The van der Waals surface area contributed by atoms with Crippen molar-refractivity contribution in [2.45, 2.75) is 6.42 Å². The van der Waals surface area contributed by atoms with Gasteiger partial charge in [-0.05, 0) is 32.1 Å². The Kier molecular flexibility index (Phi) is 6.68. The van der Waals surface area contributed by atoms with Gasteiger partial charge in [-0.25, -0.2) is 9.59 Å². The van der Waals surface area contributed by atoms with Crippen LogP contribution in [0.25, 0.3) is 0 Å². The minimum absolute atomic E-state index is 0.148. The predicted molar refractivity (Wildman–Crippen MR) is 81.7 cm³/mol. The lowest BCUT2D eigenvalue weighted by Crippen LogP contribution is -2.41. The number of likely N-dealkylation sites (N-methyl/N-ethyl adjacent to an activating group) is 2. The molecule has 0 atom stereocenters. The average molecular weight is 293 g/mol. The normalized spacial score (nSPS) is 10.5. The molecule has 0 unspecified atom stereocenters. The number of carbonyl (C=O) groups is 2. The zero-order valence-corrected chi connectivity index (χ0v) is 12.8. The van der Waals surface area contributed by atoms with Gasteiger partial charge in [0.05, 0.1) is 5.56 Å². The van der Waals surface area contributed by atoms with Gasteiger partial charge in [-0.2, -0.15) is 0 Å². The number of urea groups is 1. The summed E-state index contributed by atoms with van der Waals surface area (Å²) in [6.07, 6.45) is 0.514. The lowest BCUT2D eigenvalue weighted by Gasteiger charge is -2.19. The van der Waals surface area contributed by atoms with E-state index < -0.39 is 5.97 Å². The number of carboxylic acid groups (broad SMARTS) is 1. The third-order valence-electron chi connectivity index (χ3n) is 3.15. The molecule has 6 heteroatoms. The highest BCUT2D eigenvalue weighted by Crippen LogP contribution is 2.10. The Labute approximate surface area is 125 Å². The summed E-state index contributed by atoms with van der Waals surface area (Å²) in [6.45, 7) is 1.83. The number of rotatable bonds is 7. The average Bonchev–Trinajstić information content (AvgIpc) is 2.44. The number of nitrogens with zero attached hydrogens (tertiary/aromatic N) is 2. The molecule has 0 bridgehead atoms. The maximum absolute atomic E-state index is 11.8. The van der Waals surface area contributed by atoms with Gasteiger partial charge < -0.3 is 20.2 Å². The number of aromatic carboxylic acids is 1. The van der Waals surface area contributed by atoms with E-state index in [1.165, 1.54) is 0 Å². The van der Waals surface area contributed by atoms with Crippen LogP contribution in [0.4, 0.5) is 4.79 Å². The molecule has 1 aromatic rings. The first-order chi connectivity index (χ1) is 9.91. The molecule has 0 saturated heterocycles. The second-order valence-corrected chi connectivity index (χ2v) is 5.17. The molecule has 21 heavy (non-hydrogen) atoms. The third kappa shape index (κ3) is 5.83. The van der Waals surface area contributed by atoms with Gasteiger partial charge in [-0.1, -0.05) is 18.2 Å². The molecule has 116 valence electrons. The van der Waals surface area contributed by atoms with Crippen molar-refractivity contribution in [3.05, 3.63) is 35.4 Å². The number of hydrogen-bond donors (Lipinski definition) is 2. The van der Waals surface area contributed by atoms with E-state index >= 15 is 0 Å². The molecule has 0 aliphatic heterocycles. The van der Waals surface area contributed by atoms with Crippen molar-refractivity contribution in [1.29, 1.82) is 0 Å². The highest BCUT2D eigenvalue weighted by molar-refractivity contribution is 5.89. The highest BCUT2D eigenvalue weighted by atomic mass is 16.4. The van der Waals surface area contributed by atoms with Crippen LogP contribution in [0.1, 0.15) is 15.9 Å². The summed E-state index contributed by atoms with van der Waals surface area (Å²) in [5, 5.41) is 11.9. The van der Waals surface area contributed by atoms with E-state index in [1.54, 1.807) is 36.2 Å². The Balaban J connectivity index is 2.47. The van der Waals surface area contributed by atoms with Gasteiger partial charge in [0.2, 0.25) is 0 Å². The predicted octanol–water partition coefficient (Wildman–Crippen LogP) is 1.13. The number of hydrogen-bond acceptors (Lipinski definition) is 3.